The minimum Gasteiger partial charge on any atom is -0.367 e. The lowest BCUT2D eigenvalue weighted by atomic mass is 10.0. The second kappa shape index (κ2) is 9.35. The van der Waals surface area contributed by atoms with E-state index in [4.69, 9.17) is 4.74 Å². The molecule has 28 heavy (non-hydrogen) atoms. The fraction of sp³-hybridized carbons (Fsp3) is 0.458. The van der Waals surface area contributed by atoms with Crippen molar-refractivity contribution in [3.8, 4) is 0 Å². The highest BCUT2D eigenvalue weighted by atomic mass is 16.5. The summed E-state index contributed by atoms with van der Waals surface area (Å²) in [6.45, 7) is 11.8. The Labute approximate surface area is 169 Å². The molecule has 2 aromatic rings. The fourth-order valence-corrected chi connectivity index (χ4v) is 3.80. The Bertz CT molecular complexity index is 758. The number of nitrogens with zero attached hydrogens (tertiary/aromatic N) is 2. The summed E-state index contributed by atoms with van der Waals surface area (Å²) in [5, 5.41) is 0. The van der Waals surface area contributed by atoms with Crippen LogP contribution in [0, 0.1) is 0 Å². The van der Waals surface area contributed by atoms with Crippen LogP contribution in [0.2, 0.25) is 0 Å². The first-order valence-corrected chi connectivity index (χ1v) is 10.3. The van der Waals surface area contributed by atoms with Gasteiger partial charge in [-0.05, 0) is 50.6 Å². The SMILES string of the molecule is CCN(Cc1ccc(C(=O)N2CC(C)OC(c3ccccc3)C2)cc1)C(C)C. The van der Waals surface area contributed by atoms with Gasteiger partial charge in [0.25, 0.3) is 5.91 Å². The standard InChI is InChI=1S/C24H32N2O2/c1-5-25(18(2)3)16-20-11-13-22(14-12-20)24(27)26-15-19(4)28-23(17-26)21-9-7-6-8-10-21/h6-14,18-19,23H,5,15-17H2,1-4H3. The van der Waals surface area contributed by atoms with Gasteiger partial charge in [-0.2, -0.15) is 0 Å². The number of amides is 1. The van der Waals surface area contributed by atoms with Gasteiger partial charge >= 0.3 is 0 Å². The summed E-state index contributed by atoms with van der Waals surface area (Å²) in [7, 11) is 0. The number of ether oxygens (including phenoxy) is 1. The van der Waals surface area contributed by atoms with Crippen LogP contribution in [0.4, 0.5) is 0 Å². The topological polar surface area (TPSA) is 32.8 Å². The van der Waals surface area contributed by atoms with Crippen molar-refractivity contribution in [2.24, 2.45) is 0 Å². The van der Waals surface area contributed by atoms with Crippen molar-refractivity contribution < 1.29 is 9.53 Å². The van der Waals surface area contributed by atoms with Crippen LogP contribution in [0.25, 0.3) is 0 Å². The lowest BCUT2D eigenvalue weighted by molar-refractivity contribution is -0.0691. The van der Waals surface area contributed by atoms with Gasteiger partial charge in [0.2, 0.25) is 0 Å². The highest BCUT2D eigenvalue weighted by Crippen LogP contribution is 2.26. The summed E-state index contributed by atoms with van der Waals surface area (Å²) in [6, 6.07) is 18.7. The zero-order chi connectivity index (χ0) is 20.1. The van der Waals surface area contributed by atoms with Crippen molar-refractivity contribution in [1.29, 1.82) is 0 Å². The van der Waals surface area contributed by atoms with E-state index in [-0.39, 0.29) is 18.1 Å². The second-order valence-electron chi connectivity index (χ2n) is 7.91. The summed E-state index contributed by atoms with van der Waals surface area (Å²) in [4.78, 5) is 17.4. The molecule has 2 aromatic carbocycles. The average Bonchev–Trinajstić information content (AvgIpc) is 2.72. The van der Waals surface area contributed by atoms with Gasteiger partial charge < -0.3 is 9.64 Å². The number of carbonyl (C=O) groups excluding carboxylic acids is 1. The van der Waals surface area contributed by atoms with Crippen LogP contribution < -0.4 is 0 Å². The van der Waals surface area contributed by atoms with Crippen LogP contribution in [0.1, 0.15) is 55.3 Å². The van der Waals surface area contributed by atoms with E-state index in [2.05, 4.69) is 49.9 Å². The molecule has 0 radical (unpaired) electrons. The molecule has 1 amide bonds. The van der Waals surface area contributed by atoms with E-state index in [9.17, 15) is 4.79 Å². The zero-order valence-corrected chi connectivity index (χ0v) is 17.5. The lowest BCUT2D eigenvalue weighted by Crippen LogP contribution is -2.46. The lowest BCUT2D eigenvalue weighted by Gasteiger charge is -2.37. The van der Waals surface area contributed by atoms with Gasteiger partial charge in [-0.15, -0.1) is 0 Å². The normalized spacial score (nSPS) is 20.0. The predicted octanol–water partition coefficient (Wildman–Crippen LogP) is 4.52. The van der Waals surface area contributed by atoms with Crippen LogP contribution in [0.3, 0.4) is 0 Å². The van der Waals surface area contributed by atoms with E-state index in [1.165, 1.54) is 5.56 Å². The Balaban J connectivity index is 1.69. The molecule has 1 aliphatic rings. The molecule has 0 bridgehead atoms. The summed E-state index contributed by atoms with van der Waals surface area (Å²) in [5.74, 6) is 0.0823. The quantitative estimate of drug-likeness (QED) is 0.739. The number of morpholine rings is 1. The molecule has 4 nitrogen and oxygen atoms in total. The largest absolute Gasteiger partial charge is 0.367 e. The van der Waals surface area contributed by atoms with Crippen LogP contribution >= 0.6 is 0 Å². The van der Waals surface area contributed by atoms with Crippen molar-refractivity contribution in [1.82, 2.24) is 9.80 Å². The smallest absolute Gasteiger partial charge is 0.254 e. The Morgan fingerprint density at radius 3 is 2.39 bits per heavy atom. The molecule has 0 saturated carbocycles. The van der Waals surface area contributed by atoms with Gasteiger partial charge in [-0.3, -0.25) is 9.69 Å². The molecule has 2 unspecified atom stereocenters. The third-order valence-corrected chi connectivity index (χ3v) is 5.44. The van der Waals surface area contributed by atoms with Crippen molar-refractivity contribution in [3.63, 3.8) is 0 Å². The molecule has 150 valence electrons. The first kappa shape index (κ1) is 20.6. The molecular weight excluding hydrogens is 348 g/mol. The first-order valence-electron chi connectivity index (χ1n) is 10.3. The number of hydrogen-bond donors (Lipinski definition) is 0. The van der Waals surface area contributed by atoms with Crippen LogP contribution in [-0.2, 0) is 11.3 Å². The molecule has 1 heterocycles. The van der Waals surface area contributed by atoms with Crippen molar-refractivity contribution in [3.05, 3.63) is 71.3 Å². The first-order chi connectivity index (χ1) is 13.5. The van der Waals surface area contributed by atoms with Crippen LogP contribution in [0.5, 0.6) is 0 Å². The van der Waals surface area contributed by atoms with E-state index in [0.29, 0.717) is 19.1 Å². The van der Waals surface area contributed by atoms with Crippen molar-refractivity contribution >= 4 is 5.91 Å². The molecule has 3 rings (SSSR count). The molecule has 2 atom stereocenters. The maximum Gasteiger partial charge on any atom is 0.254 e. The minimum absolute atomic E-state index is 0.0198. The fourth-order valence-electron chi connectivity index (χ4n) is 3.80. The zero-order valence-electron chi connectivity index (χ0n) is 17.5. The van der Waals surface area contributed by atoms with E-state index < -0.39 is 0 Å². The van der Waals surface area contributed by atoms with E-state index in [1.54, 1.807) is 0 Å². The molecule has 4 heteroatoms. The van der Waals surface area contributed by atoms with E-state index in [0.717, 1.165) is 24.2 Å². The minimum atomic E-state index is -0.0719. The third kappa shape index (κ3) is 5.00. The van der Waals surface area contributed by atoms with Gasteiger partial charge in [-0.25, -0.2) is 0 Å². The summed E-state index contributed by atoms with van der Waals surface area (Å²) < 4.78 is 6.09. The highest BCUT2D eigenvalue weighted by molar-refractivity contribution is 5.94. The van der Waals surface area contributed by atoms with Gasteiger partial charge in [0, 0.05) is 24.7 Å². The summed E-state index contributed by atoms with van der Waals surface area (Å²) in [5.41, 5.74) is 3.11. The van der Waals surface area contributed by atoms with E-state index >= 15 is 0 Å². The molecule has 0 N–H and O–H groups in total. The van der Waals surface area contributed by atoms with Crippen LogP contribution in [0.15, 0.2) is 54.6 Å². The van der Waals surface area contributed by atoms with Gasteiger partial charge in [0.05, 0.1) is 12.6 Å². The number of benzene rings is 2. The highest BCUT2D eigenvalue weighted by Gasteiger charge is 2.29. The number of carbonyl (C=O) groups is 1. The van der Waals surface area contributed by atoms with Crippen molar-refractivity contribution in [2.75, 3.05) is 19.6 Å². The average molecular weight is 381 g/mol. The molecule has 1 saturated heterocycles. The Morgan fingerprint density at radius 1 is 1.11 bits per heavy atom. The van der Waals surface area contributed by atoms with Gasteiger partial charge in [-0.1, -0.05) is 49.4 Å². The van der Waals surface area contributed by atoms with Crippen molar-refractivity contribution in [2.45, 2.75) is 52.5 Å². The Hall–Kier alpha value is -2.17. The molecular formula is C24H32N2O2. The predicted molar refractivity (Wildman–Crippen MR) is 113 cm³/mol. The molecule has 0 spiro atoms. The molecule has 1 aliphatic heterocycles. The number of rotatable bonds is 6. The van der Waals surface area contributed by atoms with Gasteiger partial charge in [0.15, 0.2) is 0 Å². The molecule has 0 aromatic heterocycles. The third-order valence-electron chi connectivity index (χ3n) is 5.44. The Morgan fingerprint density at radius 2 is 1.79 bits per heavy atom. The maximum absolute atomic E-state index is 13.1. The molecule has 1 fully saturated rings. The van der Waals surface area contributed by atoms with Crippen LogP contribution in [-0.4, -0.2) is 47.5 Å². The number of hydrogen-bond acceptors (Lipinski definition) is 3. The van der Waals surface area contributed by atoms with E-state index in [1.807, 2.05) is 42.2 Å². The summed E-state index contributed by atoms with van der Waals surface area (Å²) >= 11 is 0. The monoisotopic (exact) mass is 380 g/mol. The van der Waals surface area contributed by atoms with Gasteiger partial charge in [0.1, 0.15) is 6.10 Å². The maximum atomic E-state index is 13.1. The summed E-state index contributed by atoms with van der Waals surface area (Å²) in [6.07, 6.45) is -0.0522. The second-order valence-corrected chi connectivity index (χ2v) is 7.91. The molecule has 0 aliphatic carbocycles. The Kier molecular flexibility index (Phi) is 6.87.